The molecule has 1 unspecified atom stereocenters. The maximum absolute atomic E-state index is 12.9. The Morgan fingerprint density at radius 1 is 1.21 bits per heavy atom. The Labute approximate surface area is 169 Å². The van der Waals surface area contributed by atoms with E-state index in [1.165, 1.54) is 19.2 Å². The highest BCUT2D eigenvalue weighted by atomic mass is 32.2. The number of ether oxygens (including phenoxy) is 1. The lowest BCUT2D eigenvalue weighted by molar-refractivity contribution is 0.0720. The third-order valence-electron chi connectivity index (χ3n) is 5.46. The monoisotopic (exact) mass is 410 g/mol. The van der Waals surface area contributed by atoms with Gasteiger partial charge in [-0.15, -0.1) is 0 Å². The van der Waals surface area contributed by atoms with Gasteiger partial charge in [0.1, 0.15) is 5.75 Å². The minimum absolute atomic E-state index is 0.110. The minimum atomic E-state index is -3.68. The second kappa shape index (κ2) is 10.8. The fraction of sp³-hybridized carbons (Fsp3) is 0.667. The average Bonchev–Trinajstić information content (AvgIpc) is 2.73. The van der Waals surface area contributed by atoms with Crippen LogP contribution in [0.1, 0.15) is 69.2 Å². The highest BCUT2D eigenvalue weighted by Crippen LogP contribution is 2.25. The highest BCUT2D eigenvalue weighted by molar-refractivity contribution is 7.89. The van der Waals surface area contributed by atoms with Gasteiger partial charge in [0.25, 0.3) is 5.91 Å². The van der Waals surface area contributed by atoms with Crippen molar-refractivity contribution in [3.05, 3.63) is 23.8 Å². The first-order valence-corrected chi connectivity index (χ1v) is 11.9. The van der Waals surface area contributed by atoms with Gasteiger partial charge in [0.05, 0.1) is 17.6 Å². The quantitative estimate of drug-likeness (QED) is 0.636. The van der Waals surface area contributed by atoms with Crippen molar-refractivity contribution in [2.24, 2.45) is 5.92 Å². The topological polar surface area (TPSA) is 75.7 Å². The summed E-state index contributed by atoms with van der Waals surface area (Å²) in [5.41, 5.74) is 0.310. The van der Waals surface area contributed by atoms with Crippen LogP contribution in [0.4, 0.5) is 0 Å². The molecule has 0 aliphatic carbocycles. The number of hydrogen-bond acceptors (Lipinski definition) is 4. The lowest BCUT2D eigenvalue weighted by Crippen LogP contribution is -2.36. The number of carbonyl (C=O) groups excluding carboxylic acids is 1. The summed E-state index contributed by atoms with van der Waals surface area (Å²) < 4.78 is 33.6. The summed E-state index contributed by atoms with van der Waals surface area (Å²) in [5, 5.41) is 0. The van der Waals surface area contributed by atoms with Crippen LogP contribution >= 0.6 is 0 Å². The van der Waals surface area contributed by atoms with Gasteiger partial charge < -0.3 is 9.64 Å². The van der Waals surface area contributed by atoms with Gasteiger partial charge in [-0.2, -0.15) is 0 Å². The minimum Gasteiger partial charge on any atom is -0.496 e. The van der Waals surface area contributed by atoms with Crippen LogP contribution in [-0.2, 0) is 10.0 Å². The summed E-state index contributed by atoms with van der Waals surface area (Å²) >= 11 is 0. The van der Waals surface area contributed by atoms with Crippen molar-refractivity contribution < 1.29 is 17.9 Å². The largest absolute Gasteiger partial charge is 0.496 e. The molecule has 0 spiro atoms. The second-order valence-corrected chi connectivity index (χ2v) is 9.25. The van der Waals surface area contributed by atoms with Crippen molar-refractivity contribution in [1.29, 1.82) is 0 Å². The molecule has 0 saturated carbocycles. The highest BCUT2D eigenvalue weighted by Gasteiger charge is 2.24. The van der Waals surface area contributed by atoms with Gasteiger partial charge in [-0.05, 0) is 49.8 Å². The van der Waals surface area contributed by atoms with Gasteiger partial charge in [-0.1, -0.05) is 33.1 Å². The zero-order valence-corrected chi connectivity index (χ0v) is 18.2. The number of sulfonamides is 1. The molecule has 1 aromatic carbocycles. The SMILES string of the molecule is CCCCC(CC)CNS(=O)(=O)c1ccc(OC)c(C(=O)N2CCCCC2)c1. The molecule has 1 atom stereocenters. The first-order valence-electron chi connectivity index (χ1n) is 10.4. The molecule has 1 saturated heterocycles. The van der Waals surface area contributed by atoms with E-state index < -0.39 is 10.0 Å². The van der Waals surface area contributed by atoms with E-state index in [0.717, 1.165) is 44.9 Å². The number of unbranched alkanes of at least 4 members (excludes halogenated alkanes) is 1. The fourth-order valence-corrected chi connectivity index (χ4v) is 4.68. The Kier molecular flexibility index (Phi) is 8.76. The molecule has 158 valence electrons. The van der Waals surface area contributed by atoms with Crippen LogP contribution < -0.4 is 9.46 Å². The van der Waals surface area contributed by atoms with E-state index in [1.54, 1.807) is 11.0 Å². The molecule has 1 amide bonds. The molecular formula is C21H34N2O4S. The molecule has 1 aromatic rings. The number of nitrogens with zero attached hydrogens (tertiary/aromatic N) is 1. The van der Waals surface area contributed by atoms with Crippen molar-refractivity contribution in [3.63, 3.8) is 0 Å². The lowest BCUT2D eigenvalue weighted by Gasteiger charge is -2.27. The molecular weight excluding hydrogens is 376 g/mol. The van der Waals surface area contributed by atoms with Crippen molar-refractivity contribution in [2.75, 3.05) is 26.7 Å². The van der Waals surface area contributed by atoms with Crippen LogP contribution in [0, 0.1) is 5.92 Å². The third kappa shape index (κ3) is 5.95. The zero-order chi connectivity index (χ0) is 20.6. The summed E-state index contributed by atoms with van der Waals surface area (Å²) in [7, 11) is -2.18. The van der Waals surface area contributed by atoms with Gasteiger partial charge in [0.15, 0.2) is 0 Å². The maximum Gasteiger partial charge on any atom is 0.257 e. The molecule has 1 aliphatic heterocycles. The van der Waals surface area contributed by atoms with Crippen LogP contribution in [0.5, 0.6) is 5.75 Å². The number of benzene rings is 1. The maximum atomic E-state index is 12.9. The van der Waals surface area contributed by atoms with Crippen molar-refractivity contribution in [3.8, 4) is 5.75 Å². The summed E-state index contributed by atoms with van der Waals surface area (Å²) in [6.07, 6.45) is 7.21. The molecule has 7 heteroatoms. The molecule has 0 radical (unpaired) electrons. The van der Waals surface area contributed by atoms with Gasteiger partial charge in [0.2, 0.25) is 10.0 Å². The summed E-state index contributed by atoms with van der Waals surface area (Å²) in [4.78, 5) is 14.8. The van der Waals surface area contributed by atoms with Crippen LogP contribution in [0.25, 0.3) is 0 Å². The van der Waals surface area contributed by atoms with E-state index >= 15 is 0 Å². The number of carbonyl (C=O) groups is 1. The molecule has 0 bridgehead atoms. The number of rotatable bonds is 10. The second-order valence-electron chi connectivity index (χ2n) is 7.48. The molecule has 1 N–H and O–H groups in total. The molecule has 2 rings (SSSR count). The molecule has 0 aromatic heterocycles. The van der Waals surface area contributed by atoms with Crippen molar-refractivity contribution in [1.82, 2.24) is 9.62 Å². The van der Waals surface area contributed by atoms with Crippen LogP contribution in [-0.4, -0.2) is 46.0 Å². The van der Waals surface area contributed by atoms with Crippen LogP contribution in [0.15, 0.2) is 23.1 Å². The number of piperidine rings is 1. The third-order valence-corrected chi connectivity index (χ3v) is 6.88. The van der Waals surface area contributed by atoms with Crippen molar-refractivity contribution in [2.45, 2.75) is 63.7 Å². The molecule has 1 heterocycles. The zero-order valence-electron chi connectivity index (χ0n) is 17.4. The molecule has 6 nitrogen and oxygen atoms in total. The van der Waals surface area contributed by atoms with Gasteiger partial charge >= 0.3 is 0 Å². The molecule has 28 heavy (non-hydrogen) atoms. The Morgan fingerprint density at radius 3 is 2.54 bits per heavy atom. The van der Waals surface area contributed by atoms with E-state index in [4.69, 9.17) is 4.74 Å². The van der Waals surface area contributed by atoms with E-state index in [0.29, 0.717) is 36.9 Å². The van der Waals surface area contributed by atoms with Gasteiger partial charge in [-0.25, -0.2) is 13.1 Å². The number of nitrogens with one attached hydrogen (secondary N) is 1. The summed E-state index contributed by atoms with van der Waals surface area (Å²) in [6, 6.07) is 4.52. The number of amides is 1. The Balaban J connectivity index is 2.19. The summed E-state index contributed by atoms with van der Waals surface area (Å²) in [6.45, 7) is 6.03. The van der Waals surface area contributed by atoms with E-state index in [9.17, 15) is 13.2 Å². The Hall–Kier alpha value is -1.60. The lowest BCUT2D eigenvalue weighted by atomic mass is 10.00. The fourth-order valence-electron chi connectivity index (χ4n) is 3.54. The molecule has 1 fully saturated rings. The van der Waals surface area contributed by atoms with Crippen molar-refractivity contribution >= 4 is 15.9 Å². The van der Waals surface area contributed by atoms with Crippen LogP contribution in [0.3, 0.4) is 0 Å². The average molecular weight is 411 g/mol. The number of methoxy groups -OCH3 is 1. The first-order chi connectivity index (χ1) is 13.4. The van der Waals surface area contributed by atoms with E-state index in [1.807, 2.05) is 0 Å². The number of hydrogen-bond donors (Lipinski definition) is 1. The van der Waals surface area contributed by atoms with Crippen LogP contribution in [0.2, 0.25) is 0 Å². The Bertz CT molecular complexity index is 743. The molecule has 1 aliphatic rings. The Morgan fingerprint density at radius 2 is 1.93 bits per heavy atom. The standard InChI is InChI=1S/C21H34N2O4S/c1-4-6-10-17(5-2)16-22-28(25,26)18-11-12-20(27-3)19(15-18)21(24)23-13-8-7-9-14-23/h11-12,15,17,22H,4-10,13-14,16H2,1-3H3. The van der Waals surface area contributed by atoms with Gasteiger partial charge in [-0.3, -0.25) is 4.79 Å². The normalized spacial score (nSPS) is 16.0. The number of likely N-dealkylation sites (tertiary alicyclic amines) is 1. The summed E-state index contributed by atoms with van der Waals surface area (Å²) in [5.74, 6) is 0.564. The van der Waals surface area contributed by atoms with E-state index in [-0.39, 0.29) is 10.8 Å². The predicted octanol–water partition coefficient (Wildman–Crippen LogP) is 3.82. The smallest absolute Gasteiger partial charge is 0.257 e. The predicted molar refractivity (Wildman–Crippen MR) is 111 cm³/mol. The van der Waals surface area contributed by atoms with E-state index in [2.05, 4.69) is 18.6 Å². The van der Waals surface area contributed by atoms with Gasteiger partial charge in [0, 0.05) is 19.6 Å². The first kappa shape index (κ1) is 22.7.